The van der Waals surface area contributed by atoms with Crippen LogP contribution >= 0.6 is 27.3 Å². The van der Waals surface area contributed by atoms with Crippen molar-refractivity contribution in [2.24, 2.45) is 5.73 Å². The molecule has 18 heavy (non-hydrogen) atoms. The minimum atomic E-state index is 0.0396. The zero-order chi connectivity index (χ0) is 12.7. The number of fused-ring (bicyclic) bond motifs is 1. The van der Waals surface area contributed by atoms with Gasteiger partial charge in [-0.3, -0.25) is 0 Å². The molecule has 1 aromatic carbocycles. The topological polar surface area (TPSA) is 35.2 Å². The largest absolute Gasteiger partial charge is 0.484 e. The number of aryl methyl sites for hydroxylation is 1. The van der Waals surface area contributed by atoms with E-state index >= 15 is 0 Å². The lowest BCUT2D eigenvalue weighted by atomic mass is 9.96. The van der Waals surface area contributed by atoms with Crippen LogP contribution in [0.4, 0.5) is 0 Å². The molecule has 94 valence electrons. The summed E-state index contributed by atoms with van der Waals surface area (Å²) in [6.45, 7) is 2.12. The van der Waals surface area contributed by atoms with Crippen molar-refractivity contribution in [3.8, 4) is 5.75 Å². The normalized spacial score (nSPS) is 22.4. The number of rotatable bonds is 1. The molecule has 1 aliphatic rings. The SMILES string of the molecule is Cc1ccsc1C1CC(N)c2cc(Br)ccc2O1. The van der Waals surface area contributed by atoms with Crippen molar-refractivity contribution in [2.75, 3.05) is 0 Å². The number of hydrogen-bond acceptors (Lipinski definition) is 3. The minimum absolute atomic E-state index is 0.0396. The number of nitrogens with two attached hydrogens (primary N) is 1. The molecule has 1 aliphatic heterocycles. The molecular weight excluding hydrogens is 310 g/mol. The molecular formula is C14H14BrNOS. The van der Waals surface area contributed by atoms with Gasteiger partial charge in [-0.15, -0.1) is 11.3 Å². The van der Waals surface area contributed by atoms with Crippen molar-refractivity contribution < 1.29 is 4.74 Å². The van der Waals surface area contributed by atoms with Gasteiger partial charge in [0.1, 0.15) is 11.9 Å². The predicted octanol–water partition coefficient (Wildman–Crippen LogP) is 4.34. The fraction of sp³-hybridized carbons (Fsp3) is 0.286. The van der Waals surface area contributed by atoms with Crippen molar-refractivity contribution >= 4 is 27.3 Å². The van der Waals surface area contributed by atoms with Crippen LogP contribution in [-0.2, 0) is 0 Å². The molecule has 1 aromatic heterocycles. The fourth-order valence-electron chi connectivity index (χ4n) is 2.35. The number of ether oxygens (including phenoxy) is 1. The summed E-state index contributed by atoms with van der Waals surface area (Å²) >= 11 is 5.22. The van der Waals surface area contributed by atoms with Crippen molar-refractivity contribution in [3.05, 3.63) is 50.1 Å². The molecule has 0 fully saturated rings. The second-order valence-corrected chi connectivity index (χ2v) is 6.46. The van der Waals surface area contributed by atoms with Crippen LogP contribution in [0.3, 0.4) is 0 Å². The summed E-state index contributed by atoms with van der Waals surface area (Å²) in [6, 6.07) is 8.21. The Morgan fingerprint density at radius 3 is 2.94 bits per heavy atom. The summed E-state index contributed by atoms with van der Waals surface area (Å²) in [5, 5.41) is 2.11. The molecule has 0 spiro atoms. The Balaban J connectivity index is 1.97. The molecule has 0 amide bonds. The van der Waals surface area contributed by atoms with Gasteiger partial charge in [-0.05, 0) is 42.1 Å². The van der Waals surface area contributed by atoms with Gasteiger partial charge in [0, 0.05) is 27.4 Å². The average molecular weight is 324 g/mol. The number of hydrogen-bond donors (Lipinski definition) is 1. The van der Waals surface area contributed by atoms with Gasteiger partial charge in [0.05, 0.1) is 0 Å². The van der Waals surface area contributed by atoms with Crippen LogP contribution in [0.25, 0.3) is 0 Å². The smallest absolute Gasteiger partial charge is 0.135 e. The van der Waals surface area contributed by atoms with Gasteiger partial charge in [0.2, 0.25) is 0 Å². The Labute approximate surface area is 119 Å². The van der Waals surface area contributed by atoms with Crippen LogP contribution in [-0.4, -0.2) is 0 Å². The third-order valence-electron chi connectivity index (χ3n) is 3.30. The van der Waals surface area contributed by atoms with E-state index in [-0.39, 0.29) is 12.1 Å². The Morgan fingerprint density at radius 1 is 1.39 bits per heavy atom. The fourth-order valence-corrected chi connectivity index (χ4v) is 3.70. The lowest BCUT2D eigenvalue weighted by Gasteiger charge is -2.30. The molecule has 2 N–H and O–H groups in total. The summed E-state index contributed by atoms with van der Waals surface area (Å²) in [4.78, 5) is 1.29. The molecule has 2 aromatic rings. The first-order chi connectivity index (χ1) is 8.65. The highest BCUT2D eigenvalue weighted by Crippen LogP contribution is 2.42. The Morgan fingerprint density at radius 2 is 2.22 bits per heavy atom. The predicted molar refractivity (Wildman–Crippen MR) is 78.1 cm³/mol. The average Bonchev–Trinajstić information content (AvgIpc) is 2.76. The van der Waals surface area contributed by atoms with Crippen LogP contribution in [0, 0.1) is 6.92 Å². The van der Waals surface area contributed by atoms with Gasteiger partial charge < -0.3 is 10.5 Å². The summed E-state index contributed by atoms with van der Waals surface area (Å²) in [7, 11) is 0. The van der Waals surface area contributed by atoms with Crippen LogP contribution in [0.5, 0.6) is 5.75 Å². The van der Waals surface area contributed by atoms with E-state index < -0.39 is 0 Å². The zero-order valence-corrected chi connectivity index (χ0v) is 12.4. The lowest BCUT2D eigenvalue weighted by molar-refractivity contribution is 0.164. The van der Waals surface area contributed by atoms with Crippen molar-refractivity contribution in [2.45, 2.75) is 25.5 Å². The molecule has 2 nitrogen and oxygen atoms in total. The third kappa shape index (κ3) is 2.09. The highest BCUT2D eigenvalue weighted by atomic mass is 79.9. The summed E-state index contributed by atoms with van der Waals surface area (Å²) in [5.41, 5.74) is 8.65. The molecule has 3 rings (SSSR count). The maximum atomic E-state index is 6.27. The zero-order valence-electron chi connectivity index (χ0n) is 10.0. The van der Waals surface area contributed by atoms with E-state index in [9.17, 15) is 0 Å². The third-order valence-corrected chi connectivity index (χ3v) is 4.91. The second-order valence-electron chi connectivity index (χ2n) is 4.60. The molecule has 2 unspecified atom stereocenters. The van der Waals surface area contributed by atoms with Crippen molar-refractivity contribution in [1.82, 2.24) is 0 Å². The van der Waals surface area contributed by atoms with Crippen LogP contribution in [0.2, 0.25) is 0 Å². The molecule has 0 aliphatic carbocycles. The first-order valence-corrected chi connectivity index (χ1v) is 7.58. The van der Waals surface area contributed by atoms with Crippen LogP contribution in [0.1, 0.15) is 34.6 Å². The van der Waals surface area contributed by atoms with Crippen LogP contribution in [0.15, 0.2) is 34.1 Å². The van der Waals surface area contributed by atoms with Gasteiger partial charge in [-0.2, -0.15) is 0 Å². The van der Waals surface area contributed by atoms with Crippen molar-refractivity contribution in [1.29, 1.82) is 0 Å². The number of halogens is 1. The van der Waals surface area contributed by atoms with Gasteiger partial charge in [0.15, 0.2) is 0 Å². The Hall–Kier alpha value is -0.840. The number of thiophene rings is 1. The Bertz CT molecular complexity index is 581. The van der Waals surface area contributed by atoms with E-state index in [1.54, 1.807) is 11.3 Å². The van der Waals surface area contributed by atoms with Gasteiger partial charge >= 0.3 is 0 Å². The molecule has 0 radical (unpaired) electrons. The lowest BCUT2D eigenvalue weighted by Crippen LogP contribution is -2.23. The maximum Gasteiger partial charge on any atom is 0.135 e. The number of benzene rings is 1. The van der Waals surface area contributed by atoms with E-state index in [4.69, 9.17) is 10.5 Å². The monoisotopic (exact) mass is 323 g/mol. The summed E-state index contributed by atoms with van der Waals surface area (Å²) in [5.74, 6) is 0.912. The summed E-state index contributed by atoms with van der Waals surface area (Å²) < 4.78 is 7.14. The van der Waals surface area contributed by atoms with Gasteiger partial charge in [-0.1, -0.05) is 15.9 Å². The molecule has 2 atom stereocenters. The standard InChI is InChI=1S/C14H14BrNOS/c1-8-4-5-18-14(8)13-7-11(16)10-6-9(15)2-3-12(10)17-13/h2-6,11,13H,7,16H2,1H3. The molecule has 2 heterocycles. The Kier molecular flexibility index (Phi) is 3.18. The van der Waals surface area contributed by atoms with Gasteiger partial charge in [-0.25, -0.2) is 0 Å². The quantitative estimate of drug-likeness (QED) is 0.847. The molecule has 0 saturated heterocycles. The first kappa shape index (κ1) is 12.2. The van der Waals surface area contributed by atoms with E-state index in [2.05, 4.69) is 40.4 Å². The second kappa shape index (κ2) is 4.68. The molecule has 0 saturated carbocycles. The van der Waals surface area contributed by atoms with Crippen molar-refractivity contribution in [3.63, 3.8) is 0 Å². The molecule has 0 bridgehead atoms. The first-order valence-electron chi connectivity index (χ1n) is 5.91. The van der Waals surface area contributed by atoms with Gasteiger partial charge in [0.25, 0.3) is 0 Å². The van der Waals surface area contributed by atoms with E-state index in [1.807, 2.05) is 12.1 Å². The minimum Gasteiger partial charge on any atom is -0.484 e. The highest BCUT2D eigenvalue weighted by Gasteiger charge is 2.28. The highest BCUT2D eigenvalue weighted by molar-refractivity contribution is 9.10. The van der Waals surface area contributed by atoms with E-state index in [0.717, 1.165) is 22.2 Å². The molecule has 4 heteroatoms. The van der Waals surface area contributed by atoms with Crippen LogP contribution < -0.4 is 10.5 Å². The maximum absolute atomic E-state index is 6.27. The summed E-state index contributed by atoms with van der Waals surface area (Å²) in [6.07, 6.45) is 0.929. The van der Waals surface area contributed by atoms with E-state index in [1.165, 1.54) is 10.4 Å². The van der Waals surface area contributed by atoms with E-state index in [0.29, 0.717) is 0 Å².